The predicted octanol–water partition coefficient (Wildman–Crippen LogP) is 7.27. The molecular weight excluding hydrogens is 436 g/mol. The molecule has 0 fully saturated rings. The van der Waals surface area contributed by atoms with Gasteiger partial charge in [0.05, 0.1) is 17.1 Å². The van der Waals surface area contributed by atoms with E-state index < -0.39 is 0 Å². The van der Waals surface area contributed by atoms with Gasteiger partial charge in [-0.15, -0.1) is 0 Å². The van der Waals surface area contributed by atoms with Crippen LogP contribution >= 0.6 is 23.4 Å². The highest BCUT2D eigenvalue weighted by Gasteiger charge is 2.31. The van der Waals surface area contributed by atoms with E-state index in [2.05, 4.69) is 68.4 Å². The zero-order valence-electron chi connectivity index (χ0n) is 19.2. The largest absolute Gasteiger partial charge is 0.358 e. The lowest BCUT2D eigenvalue weighted by Gasteiger charge is -2.36. The fraction of sp³-hybridized carbons (Fsp3) is 0.370. The lowest BCUT2D eigenvalue weighted by Crippen LogP contribution is -2.30. The number of thioether (sulfide) groups is 1. The Balaban J connectivity index is 1.51. The Morgan fingerprint density at radius 1 is 1.16 bits per heavy atom. The third-order valence-corrected chi connectivity index (χ3v) is 7.57. The number of amides is 1. The van der Waals surface area contributed by atoms with E-state index in [1.165, 1.54) is 0 Å². The first kappa shape index (κ1) is 24.5. The van der Waals surface area contributed by atoms with Crippen molar-refractivity contribution in [2.24, 2.45) is 11.3 Å². The van der Waals surface area contributed by atoms with Crippen LogP contribution in [0.15, 0.2) is 84.3 Å². The number of halogens is 1. The van der Waals surface area contributed by atoms with Crippen molar-refractivity contribution in [2.45, 2.75) is 45.3 Å². The maximum absolute atomic E-state index is 12.5. The number of benzene rings is 1. The summed E-state index contributed by atoms with van der Waals surface area (Å²) >= 11 is 8.23. The van der Waals surface area contributed by atoms with Crippen molar-refractivity contribution in [3.63, 3.8) is 0 Å². The van der Waals surface area contributed by atoms with Crippen LogP contribution in [-0.4, -0.2) is 16.9 Å². The molecule has 3 rings (SSSR count). The maximum Gasteiger partial charge on any atom is 0.228 e. The molecule has 0 heterocycles. The van der Waals surface area contributed by atoms with E-state index in [0.717, 1.165) is 41.2 Å². The molecule has 3 nitrogen and oxygen atoms in total. The molecule has 1 amide bonds. The molecule has 2 aliphatic rings. The summed E-state index contributed by atoms with van der Waals surface area (Å²) in [5, 5.41) is 7.65. The molecular formula is C27H33ClN2OS. The van der Waals surface area contributed by atoms with Crippen molar-refractivity contribution in [1.29, 1.82) is 0 Å². The molecule has 0 aromatic heterocycles. The first-order valence-electron chi connectivity index (χ1n) is 11.2. The Labute approximate surface area is 201 Å². The highest BCUT2D eigenvalue weighted by Crippen LogP contribution is 2.40. The normalized spacial score (nSPS) is 20.4. The summed E-state index contributed by atoms with van der Waals surface area (Å²) in [5.41, 5.74) is 3.55. The molecule has 1 aromatic carbocycles. The van der Waals surface area contributed by atoms with Gasteiger partial charge in [0.25, 0.3) is 0 Å². The van der Waals surface area contributed by atoms with Gasteiger partial charge >= 0.3 is 0 Å². The van der Waals surface area contributed by atoms with Crippen LogP contribution in [0.3, 0.4) is 0 Å². The van der Waals surface area contributed by atoms with E-state index in [9.17, 15) is 4.79 Å². The first-order valence-corrected chi connectivity index (χ1v) is 12.6. The number of carbonyl (C=O) groups excluding carboxylic acids is 1. The molecule has 2 N–H and O–H groups in total. The maximum atomic E-state index is 12.5. The molecule has 1 aromatic rings. The minimum absolute atomic E-state index is 0.0286. The van der Waals surface area contributed by atoms with E-state index in [0.29, 0.717) is 16.7 Å². The monoisotopic (exact) mass is 468 g/mol. The Morgan fingerprint density at radius 2 is 1.94 bits per heavy atom. The van der Waals surface area contributed by atoms with Gasteiger partial charge in [-0.05, 0) is 48.3 Å². The standard InChI is InChI=1S/C27H33ClN2OS/c1-5-32-23-16-10-20(11-17-23)18-26(31)30-22-14-12-21(13-15-22)27(3,4)19(2)29-25-9-7-6-8-24(25)28/h6-12,14-16,21,23,29H,2,5,13,17-18H2,1,3-4H3,(H,30,31). The quantitative estimate of drug-likeness (QED) is 0.400. The average Bonchev–Trinajstić information content (AvgIpc) is 2.77. The van der Waals surface area contributed by atoms with Gasteiger partial charge in [0, 0.05) is 22.1 Å². The molecule has 2 aliphatic carbocycles. The second-order valence-electron chi connectivity index (χ2n) is 8.76. The van der Waals surface area contributed by atoms with Gasteiger partial charge in [-0.25, -0.2) is 0 Å². The number of hydrogen-bond donors (Lipinski definition) is 2. The SMILES string of the molecule is C=C(Nc1ccccc1Cl)C(C)(C)C1C=CC(NC(=O)CC2=CCC(SCC)C=C2)=CC1. The second-order valence-corrected chi connectivity index (χ2v) is 10.7. The highest BCUT2D eigenvalue weighted by molar-refractivity contribution is 8.00. The van der Waals surface area contributed by atoms with Crippen molar-refractivity contribution in [3.8, 4) is 0 Å². The summed E-state index contributed by atoms with van der Waals surface area (Å²) in [6.45, 7) is 10.8. The molecule has 0 bridgehead atoms. The van der Waals surface area contributed by atoms with E-state index in [4.69, 9.17) is 11.6 Å². The van der Waals surface area contributed by atoms with E-state index >= 15 is 0 Å². The second kappa shape index (κ2) is 11.1. The molecule has 0 radical (unpaired) electrons. The van der Waals surface area contributed by atoms with E-state index in [1.54, 1.807) is 0 Å². The molecule has 0 saturated carbocycles. The van der Waals surface area contributed by atoms with E-state index in [-0.39, 0.29) is 17.2 Å². The molecule has 0 aliphatic heterocycles. The highest BCUT2D eigenvalue weighted by atomic mass is 35.5. The number of anilines is 1. The van der Waals surface area contributed by atoms with Gasteiger partial charge in [0.1, 0.15) is 0 Å². The van der Waals surface area contributed by atoms with Crippen LogP contribution in [0, 0.1) is 11.3 Å². The molecule has 0 saturated heterocycles. The van der Waals surface area contributed by atoms with Crippen molar-refractivity contribution >= 4 is 35.0 Å². The van der Waals surface area contributed by atoms with Gasteiger partial charge < -0.3 is 10.6 Å². The fourth-order valence-electron chi connectivity index (χ4n) is 3.86. The number of nitrogens with one attached hydrogen (secondary N) is 2. The van der Waals surface area contributed by atoms with Crippen molar-refractivity contribution in [1.82, 2.24) is 5.32 Å². The number of rotatable bonds is 9. The number of hydrogen-bond acceptors (Lipinski definition) is 3. The van der Waals surface area contributed by atoms with Gasteiger partial charge in [0.2, 0.25) is 5.91 Å². The molecule has 170 valence electrons. The van der Waals surface area contributed by atoms with E-state index in [1.807, 2.05) is 42.1 Å². The Bertz CT molecular complexity index is 974. The lowest BCUT2D eigenvalue weighted by molar-refractivity contribution is -0.119. The fourth-order valence-corrected chi connectivity index (χ4v) is 4.90. The third-order valence-electron chi connectivity index (χ3n) is 6.13. The molecule has 2 atom stereocenters. The summed E-state index contributed by atoms with van der Waals surface area (Å²) in [5.74, 6) is 1.41. The van der Waals surface area contributed by atoms with Crippen LogP contribution in [-0.2, 0) is 4.79 Å². The van der Waals surface area contributed by atoms with Gasteiger partial charge in [-0.1, -0.05) is 81.5 Å². The van der Waals surface area contributed by atoms with Crippen molar-refractivity contribution < 1.29 is 4.79 Å². The molecule has 2 unspecified atom stereocenters. The summed E-state index contributed by atoms with van der Waals surface area (Å²) in [7, 11) is 0. The minimum atomic E-state index is -0.188. The number of carbonyl (C=O) groups is 1. The summed E-state index contributed by atoms with van der Waals surface area (Å²) in [6, 6.07) is 7.68. The van der Waals surface area contributed by atoms with Crippen molar-refractivity contribution in [3.05, 3.63) is 89.3 Å². The smallest absolute Gasteiger partial charge is 0.228 e. The van der Waals surface area contributed by atoms with Gasteiger partial charge in [-0.2, -0.15) is 11.8 Å². The Hall–Kier alpha value is -2.17. The zero-order chi connectivity index (χ0) is 23.1. The summed E-state index contributed by atoms with van der Waals surface area (Å²) < 4.78 is 0. The third kappa shape index (κ3) is 6.43. The summed E-state index contributed by atoms with van der Waals surface area (Å²) in [4.78, 5) is 12.5. The van der Waals surface area contributed by atoms with Crippen molar-refractivity contribution in [2.75, 3.05) is 11.1 Å². The Morgan fingerprint density at radius 3 is 2.56 bits per heavy atom. The summed E-state index contributed by atoms with van der Waals surface area (Å²) in [6.07, 6.45) is 15.0. The van der Waals surface area contributed by atoms with Gasteiger partial charge in [0.15, 0.2) is 0 Å². The van der Waals surface area contributed by atoms with Crippen LogP contribution in [0.25, 0.3) is 0 Å². The number of allylic oxidation sites excluding steroid dienone is 6. The zero-order valence-corrected chi connectivity index (χ0v) is 20.7. The first-order chi connectivity index (χ1) is 15.3. The van der Waals surface area contributed by atoms with Crippen LogP contribution in [0.5, 0.6) is 0 Å². The number of para-hydroxylation sites is 1. The molecule has 0 spiro atoms. The van der Waals surface area contributed by atoms with Crippen LogP contribution in [0.1, 0.15) is 40.0 Å². The topological polar surface area (TPSA) is 41.1 Å². The lowest BCUT2D eigenvalue weighted by atomic mass is 9.73. The van der Waals surface area contributed by atoms with Gasteiger partial charge in [-0.3, -0.25) is 4.79 Å². The van der Waals surface area contributed by atoms with Crippen LogP contribution in [0.4, 0.5) is 5.69 Å². The average molecular weight is 469 g/mol. The molecule has 5 heteroatoms. The Kier molecular flexibility index (Phi) is 8.50. The molecule has 32 heavy (non-hydrogen) atoms. The predicted molar refractivity (Wildman–Crippen MR) is 140 cm³/mol. The minimum Gasteiger partial charge on any atom is -0.358 e. The van der Waals surface area contributed by atoms with Crippen LogP contribution in [0.2, 0.25) is 5.02 Å². The van der Waals surface area contributed by atoms with Crippen LogP contribution < -0.4 is 10.6 Å².